The van der Waals surface area contributed by atoms with Crippen LogP contribution in [-0.4, -0.2) is 98.3 Å². The number of rotatable bonds is 36. The maximum absolute atomic E-state index is 12.8. The summed E-state index contributed by atoms with van der Waals surface area (Å²) in [7, 11) is -5.14. The van der Waals surface area contributed by atoms with Crippen LogP contribution in [0.5, 0.6) is 0 Å². The Balaban J connectivity index is 2.49. The first-order valence-electron chi connectivity index (χ1n) is 22.6. The third-order valence-electron chi connectivity index (χ3n) is 10.1. The number of hydrogen-bond donors (Lipinski definition) is 6. The lowest BCUT2D eigenvalue weighted by atomic mass is 9.85. The summed E-state index contributed by atoms with van der Waals surface area (Å²) in [6.07, 6.45) is 30.2. The van der Waals surface area contributed by atoms with Gasteiger partial charge in [-0.1, -0.05) is 145 Å². The smallest absolute Gasteiger partial charge is 0.462 e. The molecule has 1 fully saturated rings. The summed E-state index contributed by atoms with van der Waals surface area (Å²) in [5.41, 5.74) is 0. The summed E-state index contributed by atoms with van der Waals surface area (Å²) < 4.78 is 33.4. The molecular weight excluding hydrogens is 791 g/mol. The molecule has 0 aromatic heterocycles. The Hall–Kier alpha value is -2.45. The Bertz CT molecular complexity index is 1280. The minimum absolute atomic E-state index is 0.0272. The molecule has 0 radical (unpaired) electrons. The minimum Gasteiger partial charge on any atom is -0.462 e. The van der Waals surface area contributed by atoms with Crippen LogP contribution < -0.4 is 0 Å². The monoisotopic (exact) mass is 871 g/mol. The first kappa shape index (κ1) is 55.6. The van der Waals surface area contributed by atoms with E-state index in [2.05, 4.69) is 56.4 Å². The van der Waals surface area contributed by atoms with E-state index >= 15 is 0 Å². The van der Waals surface area contributed by atoms with Crippen LogP contribution in [0.3, 0.4) is 0 Å². The quantitative estimate of drug-likeness (QED) is 0.0151. The van der Waals surface area contributed by atoms with E-state index in [0.717, 1.165) is 51.4 Å². The predicted molar refractivity (Wildman–Crippen MR) is 235 cm³/mol. The van der Waals surface area contributed by atoms with Crippen LogP contribution in [0.2, 0.25) is 0 Å². The van der Waals surface area contributed by atoms with Gasteiger partial charge in [-0.2, -0.15) is 0 Å². The van der Waals surface area contributed by atoms with Gasteiger partial charge >= 0.3 is 19.8 Å². The average molecular weight is 871 g/mol. The van der Waals surface area contributed by atoms with Crippen molar-refractivity contribution in [2.75, 3.05) is 13.2 Å². The number of aliphatic hydroxyl groups is 5. The topological polar surface area (TPSA) is 210 Å². The van der Waals surface area contributed by atoms with Crippen LogP contribution in [0.4, 0.5) is 0 Å². The third-order valence-corrected chi connectivity index (χ3v) is 11.1. The van der Waals surface area contributed by atoms with Crippen molar-refractivity contribution in [3.05, 3.63) is 60.8 Å². The molecule has 60 heavy (non-hydrogen) atoms. The summed E-state index contributed by atoms with van der Waals surface area (Å²) in [4.78, 5) is 35.6. The molecule has 0 amide bonds. The van der Waals surface area contributed by atoms with Crippen LogP contribution in [0.1, 0.15) is 162 Å². The molecule has 1 aliphatic rings. The van der Waals surface area contributed by atoms with Crippen LogP contribution in [-0.2, 0) is 32.7 Å². The van der Waals surface area contributed by atoms with Crippen molar-refractivity contribution in [3.63, 3.8) is 0 Å². The molecule has 346 valence electrons. The van der Waals surface area contributed by atoms with Crippen molar-refractivity contribution in [1.82, 2.24) is 0 Å². The van der Waals surface area contributed by atoms with Gasteiger partial charge in [-0.25, -0.2) is 4.57 Å². The van der Waals surface area contributed by atoms with Gasteiger partial charge in [0.05, 0.1) is 6.61 Å². The van der Waals surface area contributed by atoms with Gasteiger partial charge in [0, 0.05) is 12.8 Å². The summed E-state index contributed by atoms with van der Waals surface area (Å²) in [5, 5.41) is 50.1. The first-order valence-corrected chi connectivity index (χ1v) is 24.1. The number of phosphoric ester groups is 1. The highest BCUT2D eigenvalue weighted by Crippen LogP contribution is 2.47. The van der Waals surface area contributed by atoms with Gasteiger partial charge in [-0.05, 0) is 64.2 Å². The van der Waals surface area contributed by atoms with Gasteiger partial charge in [-0.3, -0.25) is 18.6 Å². The van der Waals surface area contributed by atoms with E-state index in [4.69, 9.17) is 18.5 Å². The highest BCUT2D eigenvalue weighted by atomic mass is 31.2. The summed E-state index contributed by atoms with van der Waals surface area (Å²) in [5.74, 6) is -1.20. The SMILES string of the molecule is CC/C=C\C/C=C\C/C=C\C/C=C\CCC(=O)OC(COC(=O)CCCCCCCCC/C=C\CCCCCCCCC)COP(=O)(O)OC1C(O)C(O)C(O)C(O)C1O. The van der Waals surface area contributed by atoms with E-state index in [-0.39, 0.29) is 12.8 Å². The standard InChI is InChI=1S/C46H79O13P/c1-3-5-7-9-11-13-15-17-18-19-20-21-23-24-26-28-30-32-34-39(47)56-36-38(37-57-60(54,55)59-46-44(52)42(50)41(49)43(51)45(46)53)58-40(48)35-33-31-29-27-25-22-16-14-12-10-8-6-4-2/h6,8,12,14,18-19,22,25,29,31,38,41-46,49-53H,3-5,7,9-11,13,15-17,20-21,23-24,26-28,30,32-37H2,1-2H3,(H,54,55)/b8-6-,14-12-,19-18-,25-22-,31-29-. The lowest BCUT2D eigenvalue weighted by Crippen LogP contribution is -2.64. The number of ether oxygens (including phenoxy) is 2. The number of aliphatic hydroxyl groups excluding tert-OH is 5. The molecule has 13 nitrogen and oxygen atoms in total. The fourth-order valence-corrected chi connectivity index (χ4v) is 7.44. The van der Waals surface area contributed by atoms with Crippen molar-refractivity contribution in [3.8, 4) is 0 Å². The number of esters is 2. The van der Waals surface area contributed by atoms with Crippen molar-refractivity contribution in [1.29, 1.82) is 0 Å². The van der Waals surface area contributed by atoms with Gasteiger partial charge in [-0.15, -0.1) is 0 Å². The zero-order chi connectivity index (χ0) is 44.3. The molecule has 14 heteroatoms. The normalized spacial score (nSPS) is 22.7. The maximum atomic E-state index is 12.8. The number of unbranched alkanes of at least 4 members (excludes halogenated alkanes) is 14. The summed E-state index contributed by atoms with van der Waals surface area (Å²) in [6, 6.07) is 0. The highest BCUT2D eigenvalue weighted by molar-refractivity contribution is 7.47. The number of hydrogen-bond acceptors (Lipinski definition) is 12. The zero-order valence-electron chi connectivity index (χ0n) is 36.5. The molecule has 0 heterocycles. The highest BCUT2D eigenvalue weighted by Gasteiger charge is 2.51. The Morgan fingerprint density at radius 3 is 1.52 bits per heavy atom. The van der Waals surface area contributed by atoms with E-state index in [0.29, 0.717) is 19.3 Å². The van der Waals surface area contributed by atoms with Crippen LogP contribution >= 0.6 is 7.82 Å². The van der Waals surface area contributed by atoms with E-state index in [9.17, 15) is 44.6 Å². The molecule has 6 unspecified atom stereocenters. The van der Waals surface area contributed by atoms with Gasteiger partial charge < -0.3 is 39.9 Å². The Labute approximate surface area is 360 Å². The minimum atomic E-state index is -5.14. The Morgan fingerprint density at radius 1 is 0.533 bits per heavy atom. The summed E-state index contributed by atoms with van der Waals surface area (Å²) in [6.45, 7) is 3.10. The molecule has 0 spiro atoms. The third kappa shape index (κ3) is 28.2. The zero-order valence-corrected chi connectivity index (χ0v) is 37.4. The number of phosphoric acid groups is 1. The maximum Gasteiger partial charge on any atom is 0.472 e. The van der Waals surface area contributed by atoms with Crippen molar-refractivity contribution < 1.29 is 63.1 Å². The van der Waals surface area contributed by atoms with Crippen LogP contribution in [0, 0.1) is 0 Å². The van der Waals surface area contributed by atoms with Crippen molar-refractivity contribution in [2.24, 2.45) is 0 Å². The van der Waals surface area contributed by atoms with E-state index < -0.39 is 75.7 Å². The van der Waals surface area contributed by atoms with Crippen LogP contribution in [0.15, 0.2) is 60.8 Å². The lowest BCUT2D eigenvalue weighted by Gasteiger charge is -2.41. The number of carbonyl (C=O) groups is 2. The second-order valence-corrected chi connectivity index (χ2v) is 16.9. The van der Waals surface area contributed by atoms with Gasteiger partial charge in [0.1, 0.15) is 43.2 Å². The molecule has 0 bridgehead atoms. The molecule has 0 aromatic carbocycles. The molecular formula is C46H79O13P. The van der Waals surface area contributed by atoms with Crippen molar-refractivity contribution in [2.45, 2.75) is 204 Å². The van der Waals surface area contributed by atoms with E-state index in [1.807, 2.05) is 18.2 Å². The molecule has 0 saturated heterocycles. The molecule has 1 saturated carbocycles. The summed E-state index contributed by atoms with van der Waals surface area (Å²) >= 11 is 0. The Morgan fingerprint density at radius 2 is 0.983 bits per heavy atom. The number of carbonyl (C=O) groups excluding carboxylic acids is 2. The fraction of sp³-hybridized carbons (Fsp3) is 0.739. The van der Waals surface area contributed by atoms with E-state index in [1.165, 1.54) is 64.2 Å². The van der Waals surface area contributed by atoms with Crippen molar-refractivity contribution >= 4 is 19.8 Å². The average Bonchev–Trinajstić information content (AvgIpc) is 3.23. The predicted octanol–water partition coefficient (Wildman–Crippen LogP) is 8.55. The lowest BCUT2D eigenvalue weighted by molar-refractivity contribution is -0.220. The first-order chi connectivity index (χ1) is 28.9. The van der Waals surface area contributed by atoms with Gasteiger partial charge in [0.15, 0.2) is 6.10 Å². The molecule has 1 rings (SSSR count). The molecule has 0 aromatic rings. The van der Waals surface area contributed by atoms with Gasteiger partial charge in [0.2, 0.25) is 0 Å². The fourth-order valence-electron chi connectivity index (χ4n) is 6.47. The Kier molecular flexibility index (Phi) is 33.4. The molecule has 6 atom stereocenters. The largest absolute Gasteiger partial charge is 0.472 e. The second-order valence-electron chi connectivity index (χ2n) is 15.5. The second kappa shape index (κ2) is 36.1. The number of allylic oxidation sites excluding steroid dienone is 10. The van der Waals surface area contributed by atoms with E-state index in [1.54, 1.807) is 0 Å². The van der Waals surface area contributed by atoms with Gasteiger partial charge in [0.25, 0.3) is 0 Å². The molecule has 0 aliphatic heterocycles. The van der Waals surface area contributed by atoms with Crippen LogP contribution in [0.25, 0.3) is 0 Å². The molecule has 1 aliphatic carbocycles. The molecule has 6 N–H and O–H groups in total.